The number of rotatable bonds is 6. The topological polar surface area (TPSA) is 24.9 Å². The Labute approximate surface area is 86.8 Å². The molecule has 1 unspecified atom stereocenters. The van der Waals surface area contributed by atoms with Crippen molar-refractivity contribution in [3.63, 3.8) is 0 Å². The Morgan fingerprint density at radius 1 is 1.36 bits per heavy atom. The molecule has 0 fully saturated rings. The van der Waals surface area contributed by atoms with Gasteiger partial charge >= 0.3 is 0 Å². The number of hydrogen-bond acceptors (Lipinski definition) is 2. The van der Waals surface area contributed by atoms with Crippen molar-refractivity contribution in [2.75, 3.05) is 7.05 Å². The Kier molecular flexibility index (Phi) is 5.23. The molecule has 2 heteroatoms. The molecule has 1 aromatic rings. The zero-order chi connectivity index (χ0) is 10.2. The minimum Gasteiger partial charge on any atom is -0.317 e. The highest BCUT2D eigenvalue weighted by molar-refractivity contribution is 5.03. The van der Waals surface area contributed by atoms with Gasteiger partial charge in [-0.3, -0.25) is 4.98 Å². The SMILES string of the molecule is CCCC(CCc1ccccn1)NC. The molecule has 1 rings (SSSR count). The second-order valence-electron chi connectivity index (χ2n) is 3.63. The largest absolute Gasteiger partial charge is 0.317 e. The van der Waals surface area contributed by atoms with Gasteiger partial charge in [0.25, 0.3) is 0 Å². The molecule has 0 aliphatic carbocycles. The highest BCUT2D eigenvalue weighted by atomic mass is 14.9. The lowest BCUT2D eigenvalue weighted by atomic mass is 10.1. The zero-order valence-corrected chi connectivity index (χ0v) is 9.16. The molecular formula is C12H20N2. The zero-order valence-electron chi connectivity index (χ0n) is 9.16. The smallest absolute Gasteiger partial charge is 0.0404 e. The van der Waals surface area contributed by atoms with E-state index >= 15 is 0 Å². The van der Waals surface area contributed by atoms with E-state index in [0.29, 0.717) is 6.04 Å². The fourth-order valence-electron chi connectivity index (χ4n) is 1.65. The summed E-state index contributed by atoms with van der Waals surface area (Å²) in [6.45, 7) is 2.23. The van der Waals surface area contributed by atoms with Gasteiger partial charge < -0.3 is 5.32 Å². The summed E-state index contributed by atoms with van der Waals surface area (Å²) in [6.07, 6.45) is 6.62. The molecule has 0 aliphatic rings. The first-order valence-corrected chi connectivity index (χ1v) is 5.44. The Bertz CT molecular complexity index is 233. The van der Waals surface area contributed by atoms with E-state index < -0.39 is 0 Å². The molecule has 0 bridgehead atoms. The van der Waals surface area contributed by atoms with Gasteiger partial charge in [0.15, 0.2) is 0 Å². The van der Waals surface area contributed by atoms with Crippen molar-refractivity contribution in [2.24, 2.45) is 0 Å². The Morgan fingerprint density at radius 3 is 2.79 bits per heavy atom. The second-order valence-corrected chi connectivity index (χ2v) is 3.63. The normalized spacial score (nSPS) is 12.7. The molecule has 0 saturated heterocycles. The number of hydrogen-bond donors (Lipinski definition) is 1. The summed E-state index contributed by atoms with van der Waals surface area (Å²) in [5.74, 6) is 0. The van der Waals surface area contributed by atoms with Crippen molar-refractivity contribution < 1.29 is 0 Å². The van der Waals surface area contributed by atoms with E-state index in [2.05, 4.69) is 29.4 Å². The van der Waals surface area contributed by atoms with Crippen LogP contribution in [0.2, 0.25) is 0 Å². The van der Waals surface area contributed by atoms with Crippen molar-refractivity contribution in [1.29, 1.82) is 0 Å². The van der Waals surface area contributed by atoms with E-state index in [-0.39, 0.29) is 0 Å². The third kappa shape index (κ3) is 3.88. The van der Waals surface area contributed by atoms with Gasteiger partial charge in [-0.25, -0.2) is 0 Å². The van der Waals surface area contributed by atoms with Gasteiger partial charge in [0.1, 0.15) is 0 Å². The van der Waals surface area contributed by atoms with E-state index in [1.165, 1.54) is 25.0 Å². The number of aryl methyl sites for hydroxylation is 1. The first kappa shape index (κ1) is 11.2. The molecule has 14 heavy (non-hydrogen) atoms. The van der Waals surface area contributed by atoms with Gasteiger partial charge in [0.2, 0.25) is 0 Å². The number of pyridine rings is 1. The van der Waals surface area contributed by atoms with Crippen LogP contribution in [-0.2, 0) is 6.42 Å². The maximum absolute atomic E-state index is 4.32. The molecule has 0 radical (unpaired) electrons. The van der Waals surface area contributed by atoms with E-state index in [4.69, 9.17) is 0 Å². The Balaban J connectivity index is 2.32. The summed E-state index contributed by atoms with van der Waals surface area (Å²) in [6, 6.07) is 6.75. The Hall–Kier alpha value is -0.890. The molecule has 2 nitrogen and oxygen atoms in total. The first-order valence-electron chi connectivity index (χ1n) is 5.44. The predicted octanol–water partition coefficient (Wildman–Crippen LogP) is 2.40. The van der Waals surface area contributed by atoms with Crippen LogP contribution in [0.1, 0.15) is 31.9 Å². The van der Waals surface area contributed by atoms with Crippen molar-refractivity contribution >= 4 is 0 Å². The van der Waals surface area contributed by atoms with Crippen molar-refractivity contribution in [3.05, 3.63) is 30.1 Å². The molecule has 78 valence electrons. The van der Waals surface area contributed by atoms with E-state index in [0.717, 1.165) is 6.42 Å². The molecule has 1 aromatic heterocycles. The van der Waals surface area contributed by atoms with Gasteiger partial charge in [0, 0.05) is 17.9 Å². The second kappa shape index (κ2) is 6.55. The maximum atomic E-state index is 4.32. The molecular weight excluding hydrogens is 172 g/mol. The summed E-state index contributed by atoms with van der Waals surface area (Å²) >= 11 is 0. The quantitative estimate of drug-likeness (QED) is 0.748. The van der Waals surface area contributed by atoms with Gasteiger partial charge in [-0.2, -0.15) is 0 Å². The van der Waals surface area contributed by atoms with Crippen LogP contribution in [-0.4, -0.2) is 18.1 Å². The molecule has 0 aromatic carbocycles. The molecule has 1 N–H and O–H groups in total. The minimum absolute atomic E-state index is 0.641. The number of aromatic nitrogens is 1. The van der Waals surface area contributed by atoms with Crippen molar-refractivity contribution in [2.45, 2.75) is 38.6 Å². The number of nitrogens with zero attached hydrogens (tertiary/aromatic N) is 1. The summed E-state index contributed by atoms with van der Waals surface area (Å²) in [5, 5.41) is 3.35. The van der Waals surface area contributed by atoms with Crippen LogP contribution in [0.4, 0.5) is 0 Å². The van der Waals surface area contributed by atoms with Crippen LogP contribution in [0.15, 0.2) is 24.4 Å². The molecule has 0 amide bonds. The predicted molar refractivity (Wildman–Crippen MR) is 60.3 cm³/mol. The minimum atomic E-state index is 0.641. The van der Waals surface area contributed by atoms with Crippen molar-refractivity contribution in [1.82, 2.24) is 10.3 Å². The van der Waals surface area contributed by atoms with Crippen LogP contribution in [0.5, 0.6) is 0 Å². The lowest BCUT2D eigenvalue weighted by Crippen LogP contribution is -2.25. The van der Waals surface area contributed by atoms with Gasteiger partial charge in [-0.15, -0.1) is 0 Å². The van der Waals surface area contributed by atoms with Crippen LogP contribution in [0, 0.1) is 0 Å². The van der Waals surface area contributed by atoms with Crippen molar-refractivity contribution in [3.8, 4) is 0 Å². The standard InChI is InChI=1S/C12H20N2/c1-3-6-11(13-2)8-9-12-7-4-5-10-14-12/h4-5,7,10-11,13H,3,6,8-9H2,1-2H3. The maximum Gasteiger partial charge on any atom is 0.0404 e. The van der Waals surface area contributed by atoms with E-state index in [1.54, 1.807) is 0 Å². The summed E-state index contributed by atoms with van der Waals surface area (Å²) in [5.41, 5.74) is 1.20. The summed E-state index contributed by atoms with van der Waals surface area (Å²) in [7, 11) is 2.04. The van der Waals surface area contributed by atoms with Crippen LogP contribution >= 0.6 is 0 Å². The van der Waals surface area contributed by atoms with Gasteiger partial charge in [-0.05, 0) is 38.4 Å². The average Bonchev–Trinajstić information content (AvgIpc) is 2.25. The first-order chi connectivity index (χ1) is 6.86. The molecule has 0 spiro atoms. The van der Waals surface area contributed by atoms with Crippen LogP contribution in [0.3, 0.4) is 0 Å². The molecule has 1 atom stereocenters. The third-order valence-corrected chi connectivity index (χ3v) is 2.52. The molecule has 0 aliphatic heterocycles. The van der Waals surface area contributed by atoms with Gasteiger partial charge in [-0.1, -0.05) is 19.4 Å². The van der Waals surface area contributed by atoms with Gasteiger partial charge in [0.05, 0.1) is 0 Å². The monoisotopic (exact) mass is 192 g/mol. The average molecular weight is 192 g/mol. The highest BCUT2D eigenvalue weighted by Gasteiger charge is 2.04. The van der Waals surface area contributed by atoms with Crippen LogP contribution < -0.4 is 5.32 Å². The molecule has 1 heterocycles. The third-order valence-electron chi connectivity index (χ3n) is 2.52. The Morgan fingerprint density at radius 2 is 2.21 bits per heavy atom. The van der Waals surface area contributed by atoms with E-state index in [9.17, 15) is 0 Å². The number of nitrogens with one attached hydrogen (secondary N) is 1. The highest BCUT2D eigenvalue weighted by Crippen LogP contribution is 2.06. The summed E-state index contributed by atoms with van der Waals surface area (Å²) in [4.78, 5) is 4.32. The fraction of sp³-hybridized carbons (Fsp3) is 0.583. The summed E-state index contributed by atoms with van der Waals surface area (Å²) < 4.78 is 0. The lowest BCUT2D eigenvalue weighted by molar-refractivity contribution is 0.482. The fourth-order valence-corrected chi connectivity index (χ4v) is 1.65. The van der Waals surface area contributed by atoms with E-state index in [1.807, 2.05) is 19.3 Å². The lowest BCUT2D eigenvalue weighted by Gasteiger charge is -2.14. The van der Waals surface area contributed by atoms with Crippen LogP contribution in [0.25, 0.3) is 0 Å². The molecule has 0 saturated carbocycles.